The lowest BCUT2D eigenvalue weighted by Crippen LogP contribution is -2.32. The normalized spacial score (nSPS) is 28.4. The monoisotopic (exact) mass is 229 g/mol. The summed E-state index contributed by atoms with van der Waals surface area (Å²) in [6.45, 7) is 10.6. The van der Waals surface area contributed by atoms with Crippen LogP contribution in [0, 0.1) is 10.8 Å². The van der Waals surface area contributed by atoms with Gasteiger partial charge in [-0.15, -0.1) is 0 Å². The first-order valence-electron chi connectivity index (χ1n) is 6.76. The maximum atomic E-state index is 3.78. The van der Waals surface area contributed by atoms with Crippen LogP contribution < -0.4 is 5.32 Å². The van der Waals surface area contributed by atoms with E-state index in [2.05, 4.69) is 57.3 Å². The van der Waals surface area contributed by atoms with Gasteiger partial charge in [0.25, 0.3) is 0 Å². The van der Waals surface area contributed by atoms with Crippen molar-refractivity contribution in [1.82, 2.24) is 5.32 Å². The molecule has 1 aromatic carbocycles. The highest BCUT2D eigenvalue weighted by Crippen LogP contribution is 2.62. The van der Waals surface area contributed by atoms with E-state index in [9.17, 15) is 0 Å². The lowest BCUT2D eigenvalue weighted by atomic mass is 9.77. The maximum absolute atomic E-state index is 3.78. The molecule has 1 unspecified atom stereocenters. The van der Waals surface area contributed by atoms with Crippen molar-refractivity contribution in [2.45, 2.75) is 46.1 Å². The van der Waals surface area contributed by atoms with E-state index in [1.807, 2.05) is 0 Å². The van der Waals surface area contributed by atoms with E-state index in [1.54, 1.807) is 11.1 Å². The zero-order valence-corrected chi connectivity index (χ0v) is 11.4. The Balaban J connectivity index is 1.59. The summed E-state index contributed by atoms with van der Waals surface area (Å²) in [5.41, 5.74) is 4.02. The first-order valence-corrected chi connectivity index (χ1v) is 6.76. The van der Waals surface area contributed by atoms with Crippen LogP contribution in [0.15, 0.2) is 24.3 Å². The Labute approximate surface area is 105 Å². The van der Waals surface area contributed by atoms with Gasteiger partial charge in [-0.3, -0.25) is 0 Å². The van der Waals surface area contributed by atoms with Gasteiger partial charge in [-0.05, 0) is 28.4 Å². The molecule has 3 rings (SSSR count). The topological polar surface area (TPSA) is 12.0 Å². The van der Waals surface area contributed by atoms with Gasteiger partial charge in [0.05, 0.1) is 0 Å². The average molecular weight is 229 g/mol. The van der Waals surface area contributed by atoms with Crippen LogP contribution in [0.3, 0.4) is 0 Å². The van der Waals surface area contributed by atoms with Crippen LogP contribution in [0.5, 0.6) is 0 Å². The summed E-state index contributed by atoms with van der Waals surface area (Å²) in [7, 11) is 0. The van der Waals surface area contributed by atoms with Crippen LogP contribution in [-0.2, 0) is 6.42 Å². The summed E-state index contributed by atoms with van der Waals surface area (Å²) >= 11 is 0. The standard InChI is InChI=1S/C16H23N/c1-15(2)14(16(15,3)4)17-10-12-9-11-7-5-6-8-13(11)12/h5-8,12,14,17H,9-10H2,1-4H3. The molecule has 0 spiro atoms. The van der Waals surface area contributed by atoms with Gasteiger partial charge < -0.3 is 5.32 Å². The van der Waals surface area contributed by atoms with Crippen molar-refractivity contribution in [2.75, 3.05) is 6.54 Å². The highest BCUT2D eigenvalue weighted by atomic mass is 15.0. The molecule has 0 heterocycles. The van der Waals surface area contributed by atoms with Crippen LogP contribution in [-0.4, -0.2) is 12.6 Å². The largest absolute Gasteiger partial charge is 0.312 e. The van der Waals surface area contributed by atoms with Crippen molar-refractivity contribution in [3.05, 3.63) is 35.4 Å². The summed E-state index contributed by atoms with van der Waals surface area (Å²) in [6.07, 6.45) is 1.26. The second kappa shape index (κ2) is 3.35. The summed E-state index contributed by atoms with van der Waals surface area (Å²) in [5.74, 6) is 0.749. The molecule has 2 aliphatic carbocycles. The molecule has 0 bridgehead atoms. The molecule has 1 fully saturated rings. The predicted octanol–water partition coefficient (Wildman–Crippen LogP) is 3.35. The van der Waals surface area contributed by atoms with Gasteiger partial charge in [0.1, 0.15) is 0 Å². The number of hydrogen-bond donors (Lipinski definition) is 1. The van der Waals surface area contributed by atoms with Crippen molar-refractivity contribution >= 4 is 0 Å². The van der Waals surface area contributed by atoms with Crippen molar-refractivity contribution in [3.8, 4) is 0 Å². The van der Waals surface area contributed by atoms with Gasteiger partial charge in [0, 0.05) is 18.5 Å². The Morgan fingerprint density at radius 3 is 2.35 bits per heavy atom. The minimum atomic E-state index is 0.455. The molecule has 0 radical (unpaired) electrons. The smallest absolute Gasteiger partial charge is 0.0181 e. The van der Waals surface area contributed by atoms with Crippen LogP contribution >= 0.6 is 0 Å². The molecule has 0 amide bonds. The first-order chi connectivity index (χ1) is 7.94. The van der Waals surface area contributed by atoms with Gasteiger partial charge in [-0.25, -0.2) is 0 Å². The van der Waals surface area contributed by atoms with E-state index < -0.39 is 0 Å². The lowest BCUT2D eigenvalue weighted by Gasteiger charge is -2.30. The molecule has 1 aromatic rings. The zero-order valence-electron chi connectivity index (χ0n) is 11.4. The second-order valence-electron chi connectivity index (χ2n) is 6.88. The van der Waals surface area contributed by atoms with Crippen molar-refractivity contribution in [1.29, 1.82) is 0 Å². The molecule has 1 nitrogen and oxygen atoms in total. The van der Waals surface area contributed by atoms with Crippen LogP contribution in [0.1, 0.15) is 44.7 Å². The molecule has 1 atom stereocenters. The second-order valence-corrected chi connectivity index (χ2v) is 6.88. The fourth-order valence-corrected chi connectivity index (χ4v) is 3.51. The minimum Gasteiger partial charge on any atom is -0.312 e. The van der Waals surface area contributed by atoms with Crippen LogP contribution in [0.25, 0.3) is 0 Å². The number of benzene rings is 1. The van der Waals surface area contributed by atoms with Gasteiger partial charge in [0.2, 0.25) is 0 Å². The summed E-state index contributed by atoms with van der Waals surface area (Å²) in [5, 5.41) is 3.78. The third kappa shape index (κ3) is 1.48. The fourth-order valence-electron chi connectivity index (χ4n) is 3.51. The van der Waals surface area contributed by atoms with E-state index >= 15 is 0 Å². The SMILES string of the molecule is CC1(C)C(NCC2Cc3ccccc32)C1(C)C. The Kier molecular flexibility index (Phi) is 2.22. The zero-order chi connectivity index (χ0) is 12.3. The number of hydrogen-bond acceptors (Lipinski definition) is 1. The Morgan fingerprint density at radius 1 is 1.12 bits per heavy atom. The first kappa shape index (κ1) is 11.3. The van der Waals surface area contributed by atoms with E-state index in [0.717, 1.165) is 12.5 Å². The van der Waals surface area contributed by atoms with E-state index in [-0.39, 0.29) is 0 Å². The van der Waals surface area contributed by atoms with Crippen molar-refractivity contribution in [3.63, 3.8) is 0 Å². The Hall–Kier alpha value is -0.820. The van der Waals surface area contributed by atoms with Gasteiger partial charge in [-0.2, -0.15) is 0 Å². The van der Waals surface area contributed by atoms with Crippen molar-refractivity contribution < 1.29 is 0 Å². The van der Waals surface area contributed by atoms with Gasteiger partial charge in [-0.1, -0.05) is 52.0 Å². The lowest BCUT2D eigenvalue weighted by molar-refractivity contribution is 0.457. The van der Waals surface area contributed by atoms with Crippen LogP contribution in [0.2, 0.25) is 0 Å². The highest BCUT2D eigenvalue weighted by molar-refractivity contribution is 5.40. The third-order valence-electron chi connectivity index (χ3n) is 5.55. The van der Waals surface area contributed by atoms with Crippen LogP contribution in [0.4, 0.5) is 0 Å². The number of fused-ring (bicyclic) bond motifs is 1. The molecular weight excluding hydrogens is 206 g/mol. The van der Waals surface area contributed by atoms with Gasteiger partial charge >= 0.3 is 0 Å². The average Bonchev–Trinajstić information content (AvgIpc) is 2.61. The van der Waals surface area contributed by atoms with Crippen molar-refractivity contribution in [2.24, 2.45) is 10.8 Å². The highest BCUT2D eigenvalue weighted by Gasteiger charge is 2.64. The fraction of sp³-hybridized carbons (Fsp3) is 0.625. The predicted molar refractivity (Wildman–Crippen MR) is 72.2 cm³/mol. The molecule has 0 saturated heterocycles. The molecule has 17 heavy (non-hydrogen) atoms. The molecule has 92 valence electrons. The molecule has 0 aliphatic heterocycles. The molecule has 2 aliphatic rings. The third-order valence-corrected chi connectivity index (χ3v) is 5.55. The molecule has 1 N–H and O–H groups in total. The summed E-state index contributed by atoms with van der Waals surface area (Å²) in [4.78, 5) is 0. The number of nitrogens with one attached hydrogen (secondary N) is 1. The Bertz CT molecular complexity index is 431. The summed E-state index contributed by atoms with van der Waals surface area (Å²) < 4.78 is 0. The minimum absolute atomic E-state index is 0.455. The summed E-state index contributed by atoms with van der Waals surface area (Å²) in [6, 6.07) is 9.54. The molecular formula is C16H23N. The molecule has 0 aromatic heterocycles. The molecule has 1 saturated carbocycles. The quantitative estimate of drug-likeness (QED) is 0.838. The van der Waals surface area contributed by atoms with E-state index in [4.69, 9.17) is 0 Å². The van der Waals surface area contributed by atoms with Gasteiger partial charge in [0.15, 0.2) is 0 Å². The van der Waals surface area contributed by atoms with E-state index in [0.29, 0.717) is 16.9 Å². The maximum Gasteiger partial charge on any atom is 0.0181 e. The number of rotatable bonds is 3. The molecule has 1 heteroatoms. The Morgan fingerprint density at radius 2 is 1.76 bits per heavy atom. The van der Waals surface area contributed by atoms with E-state index in [1.165, 1.54) is 6.42 Å².